The largest absolute Gasteiger partial charge is 0.383 e. The van der Waals surface area contributed by atoms with Crippen molar-refractivity contribution < 1.29 is 14.6 Å². The SMILES string of the molecule is CCc1cccc(C)c1N(C(=O)Cn1c(C(C)(C)O)nc2ccccc21)C(C)COC. The van der Waals surface area contributed by atoms with Crippen molar-refractivity contribution in [2.45, 2.75) is 59.2 Å². The zero-order valence-electron chi connectivity index (χ0n) is 19.3. The van der Waals surface area contributed by atoms with Gasteiger partial charge in [-0.3, -0.25) is 4.79 Å². The van der Waals surface area contributed by atoms with Gasteiger partial charge in [-0.1, -0.05) is 37.3 Å². The molecule has 0 aliphatic rings. The molecular formula is C25H33N3O3. The lowest BCUT2D eigenvalue weighted by Crippen LogP contribution is -2.44. The van der Waals surface area contributed by atoms with E-state index < -0.39 is 5.60 Å². The third kappa shape index (κ3) is 4.65. The number of hydrogen-bond donors (Lipinski definition) is 1. The summed E-state index contributed by atoms with van der Waals surface area (Å²) in [6.45, 7) is 10.0. The Labute approximate surface area is 184 Å². The first-order valence-corrected chi connectivity index (χ1v) is 10.8. The van der Waals surface area contributed by atoms with Crippen LogP contribution in [-0.4, -0.2) is 40.3 Å². The smallest absolute Gasteiger partial charge is 0.247 e. The number of aryl methyl sites for hydroxylation is 2. The van der Waals surface area contributed by atoms with E-state index in [2.05, 4.69) is 18.0 Å². The standard InChI is InChI=1S/C25H33N3O3/c1-7-19-12-10-11-17(2)23(19)28(18(3)16-31-6)22(29)15-27-21-14-9-8-13-20(21)26-24(27)25(4,5)30/h8-14,18,30H,7,15-16H2,1-6H3. The molecule has 0 radical (unpaired) electrons. The molecule has 3 aromatic rings. The number of aromatic nitrogens is 2. The quantitative estimate of drug-likeness (QED) is 0.590. The van der Waals surface area contributed by atoms with Gasteiger partial charge in [-0.25, -0.2) is 4.98 Å². The summed E-state index contributed by atoms with van der Waals surface area (Å²) in [4.78, 5) is 20.3. The molecule has 1 amide bonds. The van der Waals surface area contributed by atoms with Crippen molar-refractivity contribution in [1.82, 2.24) is 9.55 Å². The fraction of sp³-hybridized carbons (Fsp3) is 0.440. The lowest BCUT2D eigenvalue weighted by atomic mass is 10.0. The van der Waals surface area contributed by atoms with Gasteiger partial charge in [0.15, 0.2) is 0 Å². The van der Waals surface area contributed by atoms with E-state index >= 15 is 0 Å². The first-order valence-electron chi connectivity index (χ1n) is 10.8. The number of imidazole rings is 1. The van der Waals surface area contributed by atoms with Gasteiger partial charge in [-0.2, -0.15) is 0 Å². The van der Waals surface area contributed by atoms with Crippen LogP contribution in [0.4, 0.5) is 5.69 Å². The van der Waals surface area contributed by atoms with E-state index in [0.29, 0.717) is 12.4 Å². The van der Waals surface area contributed by atoms with Crippen LogP contribution in [-0.2, 0) is 28.1 Å². The number of anilines is 1. The molecule has 1 atom stereocenters. The zero-order chi connectivity index (χ0) is 22.8. The molecule has 6 heteroatoms. The Bertz CT molecular complexity index is 1070. The molecule has 1 unspecified atom stereocenters. The zero-order valence-corrected chi connectivity index (χ0v) is 19.3. The molecule has 6 nitrogen and oxygen atoms in total. The Balaban J connectivity index is 2.11. The number of hydrogen-bond acceptors (Lipinski definition) is 4. The van der Waals surface area contributed by atoms with Crippen molar-refractivity contribution in [3.63, 3.8) is 0 Å². The molecule has 0 spiro atoms. The van der Waals surface area contributed by atoms with E-state index in [0.717, 1.165) is 34.3 Å². The van der Waals surface area contributed by atoms with Crippen LogP contribution in [0.25, 0.3) is 11.0 Å². The average molecular weight is 424 g/mol. The Morgan fingerprint density at radius 3 is 2.58 bits per heavy atom. The van der Waals surface area contributed by atoms with Gasteiger partial charge in [0.1, 0.15) is 18.0 Å². The lowest BCUT2D eigenvalue weighted by molar-refractivity contribution is -0.119. The van der Waals surface area contributed by atoms with Crippen LogP contribution in [0.2, 0.25) is 0 Å². The maximum Gasteiger partial charge on any atom is 0.247 e. The highest BCUT2D eigenvalue weighted by molar-refractivity contribution is 5.96. The first kappa shape index (κ1) is 23.0. The number of aliphatic hydroxyl groups is 1. The van der Waals surface area contributed by atoms with Gasteiger partial charge < -0.3 is 19.3 Å². The van der Waals surface area contributed by atoms with E-state index in [1.54, 1.807) is 21.0 Å². The third-order valence-corrected chi connectivity index (χ3v) is 5.56. The Morgan fingerprint density at radius 2 is 1.94 bits per heavy atom. The van der Waals surface area contributed by atoms with Crippen molar-refractivity contribution in [2.24, 2.45) is 0 Å². The van der Waals surface area contributed by atoms with Crippen LogP contribution in [0.15, 0.2) is 42.5 Å². The monoisotopic (exact) mass is 423 g/mol. The Kier molecular flexibility index (Phi) is 6.82. The van der Waals surface area contributed by atoms with Crippen molar-refractivity contribution in [3.05, 3.63) is 59.4 Å². The minimum absolute atomic E-state index is 0.0674. The molecule has 0 fully saturated rings. The molecule has 2 aromatic carbocycles. The Morgan fingerprint density at radius 1 is 1.23 bits per heavy atom. The number of amides is 1. The molecule has 0 aliphatic carbocycles. The lowest BCUT2D eigenvalue weighted by Gasteiger charge is -2.33. The Hall–Kier alpha value is -2.70. The second-order valence-corrected chi connectivity index (χ2v) is 8.57. The topological polar surface area (TPSA) is 67.6 Å². The minimum Gasteiger partial charge on any atom is -0.383 e. The second kappa shape index (κ2) is 9.20. The van der Waals surface area contributed by atoms with E-state index in [9.17, 15) is 9.90 Å². The highest BCUT2D eigenvalue weighted by Gasteiger charge is 2.30. The number of benzene rings is 2. The third-order valence-electron chi connectivity index (χ3n) is 5.56. The van der Waals surface area contributed by atoms with Gasteiger partial charge >= 0.3 is 0 Å². The minimum atomic E-state index is -1.18. The number of fused-ring (bicyclic) bond motifs is 1. The van der Waals surface area contributed by atoms with Gasteiger partial charge in [-0.05, 0) is 57.4 Å². The fourth-order valence-corrected chi connectivity index (χ4v) is 4.17. The summed E-state index contributed by atoms with van der Waals surface area (Å²) in [5.74, 6) is 0.407. The van der Waals surface area contributed by atoms with Crippen LogP contribution in [0, 0.1) is 6.92 Å². The van der Waals surface area contributed by atoms with Gasteiger partial charge in [0.05, 0.1) is 29.4 Å². The summed E-state index contributed by atoms with van der Waals surface area (Å²) in [5, 5.41) is 10.7. The van der Waals surface area contributed by atoms with E-state index in [4.69, 9.17) is 4.74 Å². The number of ether oxygens (including phenoxy) is 1. The molecule has 0 aliphatic heterocycles. The number of methoxy groups -OCH3 is 1. The van der Waals surface area contributed by atoms with E-state index in [1.165, 1.54) is 0 Å². The number of carbonyl (C=O) groups is 1. The van der Waals surface area contributed by atoms with Crippen molar-refractivity contribution in [1.29, 1.82) is 0 Å². The molecule has 0 saturated carbocycles. The van der Waals surface area contributed by atoms with Gasteiger partial charge in [-0.15, -0.1) is 0 Å². The van der Waals surface area contributed by atoms with Gasteiger partial charge in [0.2, 0.25) is 5.91 Å². The van der Waals surface area contributed by atoms with Crippen LogP contribution >= 0.6 is 0 Å². The molecule has 31 heavy (non-hydrogen) atoms. The van der Waals surface area contributed by atoms with E-state index in [1.807, 2.05) is 59.7 Å². The van der Waals surface area contributed by atoms with Gasteiger partial charge in [0, 0.05) is 7.11 Å². The van der Waals surface area contributed by atoms with Crippen LogP contribution < -0.4 is 4.90 Å². The number of para-hydroxylation sites is 3. The summed E-state index contributed by atoms with van der Waals surface area (Å²) < 4.78 is 7.23. The summed E-state index contributed by atoms with van der Waals surface area (Å²) in [6.07, 6.45) is 0.823. The summed E-state index contributed by atoms with van der Waals surface area (Å²) >= 11 is 0. The molecule has 0 saturated heterocycles. The number of carbonyl (C=O) groups excluding carboxylic acids is 1. The predicted octanol–water partition coefficient (Wildman–Crippen LogP) is 4.20. The average Bonchev–Trinajstić information content (AvgIpc) is 3.08. The highest BCUT2D eigenvalue weighted by atomic mass is 16.5. The number of nitrogens with zero attached hydrogens (tertiary/aromatic N) is 3. The summed E-state index contributed by atoms with van der Waals surface area (Å²) in [7, 11) is 1.65. The normalized spacial score (nSPS) is 12.9. The predicted molar refractivity (Wildman–Crippen MR) is 124 cm³/mol. The van der Waals surface area contributed by atoms with Crippen LogP contribution in [0.1, 0.15) is 44.6 Å². The molecule has 1 heterocycles. The van der Waals surface area contributed by atoms with Crippen molar-refractivity contribution >= 4 is 22.6 Å². The fourth-order valence-electron chi connectivity index (χ4n) is 4.17. The maximum atomic E-state index is 13.8. The molecule has 3 rings (SSSR count). The first-order chi connectivity index (χ1) is 14.7. The molecule has 166 valence electrons. The maximum absolute atomic E-state index is 13.8. The van der Waals surface area contributed by atoms with Crippen LogP contribution in [0.5, 0.6) is 0 Å². The van der Waals surface area contributed by atoms with Crippen LogP contribution in [0.3, 0.4) is 0 Å². The van der Waals surface area contributed by atoms with Gasteiger partial charge in [0.25, 0.3) is 0 Å². The number of rotatable bonds is 8. The molecule has 1 aromatic heterocycles. The van der Waals surface area contributed by atoms with E-state index in [-0.39, 0.29) is 18.5 Å². The molecule has 0 bridgehead atoms. The summed E-state index contributed by atoms with van der Waals surface area (Å²) in [6, 6.07) is 13.6. The molecular weight excluding hydrogens is 390 g/mol. The highest BCUT2D eigenvalue weighted by Crippen LogP contribution is 2.30. The van der Waals surface area contributed by atoms with Crippen molar-refractivity contribution in [2.75, 3.05) is 18.6 Å². The summed E-state index contributed by atoms with van der Waals surface area (Å²) in [5.41, 5.74) is 3.51. The van der Waals surface area contributed by atoms with Crippen molar-refractivity contribution in [3.8, 4) is 0 Å². The second-order valence-electron chi connectivity index (χ2n) is 8.57. The molecule has 1 N–H and O–H groups in total.